The number of carboxylic acid groups (broad SMARTS) is 1. The molecule has 0 radical (unpaired) electrons. The summed E-state index contributed by atoms with van der Waals surface area (Å²) in [4.78, 5) is 12.7. The van der Waals surface area contributed by atoms with Gasteiger partial charge in [-0.25, -0.2) is 0 Å². The molecule has 0 saturated heterocycles. The largest absolute Gasteiger partial charge is 0.481 e. The van der Waals surface area contributed by atoms with Crippen LogP contribution in [0, 0.1) is 18.3 Å². The van der Waals surface area contributed by atoms with Gasteiger partial charge in [0.25, 0.3) is 0 Å². The Morgan fingerprint density at radius 1 is 1.50 bits per heavy atom. The zero-order chi connectivity index (χ0) is 13.7. The molecule has 18 heavy (non-hydrogen) atoms. The molecule has 0 atom stereocenters. The van der Waals surface area contributed by atoms with Gasteiger partial charge in [0.1, 0.15) is 6.07 Å². The lowest BCUT2D eigenvalue weighted by Crippen LogP contribution is -2.34. The van der Waals surface area contributed by atoms with Gasteiger partial charge in [-0.1, -0.05) is 12.1 Å². The van der Waals surface area contributed by atoms with Gasteiger partial charge in [-0.2, -0.15) is 5.26 Å². The smallest absolute Gasteiger partial charge is 0.305 e. The monoisotopic (exact) mass is 246 g/mol. The fourth-order valence-electron chi connectivity index (χ4n) is 1.97. The number of para-hydroxylation sites is 1. The number of rotatable bonds is 5. The first-order chi connectivity index (χ1) is 8.47. The molecule has 1 aromatic rings. The van der Waals surface area contributed by atoms with Gasteiger partial charge in [-0.05, 0) is 32.4 Å². The number of carboxylic acids is 1. The minimum absolute atomic E-state index is 0.0668. The Morgan fingerprint density at radius 2 is 2.17 bits per heavy atom. The van der Waals surface area contributed by atoms with Gasteiger partial charge >= 0.3 is 5.97 Å². The number of nitrogens with zero attached hydrogens (tertiary/aromatic N) is 2. The molecule has 4 nitrogen and oxygen atoms in total. The van der Waals surface area contributed by atoms with Crippen molar-refractivity contribution in [2.45, 2.75) is 33.2 Å². The van der Waals surface area contributed by atoms with E-state index in [0.717, 1.165) is 11.3 Å². The lowest BCUT2D eigenvalue weighted by Gasteiger charge is -2.30. The van der Waals surface area contributed by atoms with Crippen LogP contribution in [-0.4, -0.2) is 23.7 Å². The molecule has 96 valence electrons. The van der Waals surface area contributed by atoms with Crippen LogP contribution in [-0.2, 0) is 4.79 Å². The molecule has 0 heterocycles. The van der Waals surface area contributed by atoms with Crippen molar-refractivity contribution in [1.29, 1.82) is 5.26 Å². The van der Waals surface area contributed by atoms with Crippen molar-refractivity contribution in [3.63, 3.8) is 0 Å². The second kappa shape index (κ2) is 6.06. The number of aliphatic carboxylic acids is 1. The van der Waals surface area contributed by atoms with E-state index >= 15 is 0 Å². The Hall–Kier alpha value is -2.02. The zero-order valence-electron chi connectivity index (χ0n) is 11.0. The average molecular weight is 246 g/mol. The predicted molar refractivity (Wildman–Crippen MR) is 70.6 cm³/mol. The van der Waals surface area contributed by atoms with Gasteiger partial charge in [0.05, 0.1) is 17.7 Å². The number of hydrogen-bond donors (Lipinski definition) is 1. The van der Waals surface area contributed by atoms with Crippen molar-refractivity contribution in [1.82, 2.24) is 0 Å². The third kappa shape index (κ3) is 3.24. The summed E-state index contributed by atoms with van der Waals surface area (Å²) in [6.07, 6.45) is 0.0668. The fraction of sp³-hybridized carbons (Fsp3) is 0.429. The molecule has 0 unspecified atom stereocenters. The van der Waals surface area contributed by atoms with Crippen LogP contribution >= 0.6 is 0 Å². The number of hydrogen-bond acceptors (Lipinski definition) is 3. The normalized spacial score (nSPS) is 10.2. The van der Waals surface area contributed by atoms with Crippen LogP contribution in [0.5, 0.6) is 0 Å². The molecule has 0 aliphatic heterocycles. The number of carbonyl (C=O) groups is 1. The van der Waals surface area contributed by atoms with Gasteiger partial charge in [0.2, 0.25) is 0 Å². The highest BCUT2D eigenvalue weighted by molar-refractivity contribution is 5.69. The average Bonchev–Trinajstić information content (AvgIpc) is 2.30. The van der Waals surface area contributed by atoms with Crippen molar-refractivity contribution >= 4 is 11.7 Å². The minimum Gasteiger partial charge on any atom is -0.481 e. The molecule has 0 amide bonds. The molecular formula is C14H18N2O2. The maximum absolute atomic E-state index is 10.7. The molecule has 0 aliphatic carbocycles. The van der Waals surface area contributed by atoms with Gasteiger partial charge in [-0.15, -0.1) is 0 Å². The Kier molecular flexibility index (Phi) is 4.73. The fourth-order valence-corrected chi connectivity index (χ4v) is 1.97. The first-order valence-corrected chi connectivity index (χ1v) is 5.95. The van der Waals surface area contributed by atoms with Gasteiger partial charge in [0, 0.05) is 12.6 Å². The van der Waals surface area contributed by atoms with Crippen LogP contribution < -0.4 is 4.90 Å². The lowest BCUT2D eigenvalue weighted by atomic mass is 10.1. The second-order valence-electron chi connectivity index (χ2n) is 4.51. The second-order valence-corrected chi connectivity index (χ2v) is 4.51. The zero-order valence-corrected chi connectivity index (χ0v) is 11.0. The third-order valence-electron chi connectivity index (χ3n) is 2.84. The maximum Gasteiger partial charge on any atom is 0.305 e. The van der Waals surface area contributed by atoms with Crippen LogP contribution in [0.25, 0.3) is 0 Å². The predicted octanol–water partition coefficient (Wildman–Crippen LogP) is 2.56. The van der Waals surface area contributed by atoms with E-state index in [1.54, 1.807) is 6.07 Å². The summed E-state index contributed by atoms with van der Waals surface area (Å²) >= 11 is 0. The lowest BCUT2D eigenvalue weighted by molar-refractivity contribution is -0.136. The van der Waals surface area contributed by atoms with Crippen molar-refractivity contribution < 1.29 is 9.90 Å². The number of benzene rings is 1. The third-order valence-corrected chi connectivity index (χ3v) is 2.84. The SMILES string of the molecule is Cc1cccc(C#N)c1N(CCC(=O)O)C(C)C. The molecule has 0 spiro atoms. The van der Waals surface area contributed by atoms with E-state index in [0.29, 0.717) is 12.1 Å². The molecule has 0 aromatic heterocycles. The van der Waals surface area contributed by atoms with E-state index in [-0.39, 0.29) is 12.5 Å². The molecule has 0 saturated carbocycles. The molecule has 4 heteroatoms. The summed E-state index contributed by atoms with van der Waals surface area (Å²) in [5.41, 5.74) is 2.43. The summed E-state index contributed by atoms with van der Waals surface area (Å²) < 4.78 is 0. The summed E-state index contributed by atoms with van der Waals surface area (Å²) in [7, 11) is 0. The Balaban J connectivity index is 3.13. The highest BCUT2D eigenvalue weighted by Crippen LogP contribution is 2.26. The van der Waals surface area contributed by atoms with Crippen LogP contribution in [0.1, 0.15) is 31.4 Å². The standard InChI is InChI=1S/C14H18N2O2/c1-10(2)16(8-7-13(17)18)14-11(3)5-4-6-12(14)9-15/h4-6,10H,7-8H2,1-3H3,(H,17,18). The topological polar surface area (TPSA) is 64.3 Å². The van der Waals surface area contributed by atoms with Crippen LogP contribution in [0.4, 0.5) is 5.69 Å². The van der Waals surface area contributed by atoms with Gasteiger partial charge in [-0.3, -0.25) is 4.79 Å². The molecule has 1 N–H and O–H groups in total. The first kappa shape index (κ1) is 14.0. The molecule has 0 bridgehead atoms. The summed E-state index contributed by atoms with van der Waals surface area (Å²) in [5, 5.41) is 18.0. The number of aryl methyl sites for hydroxylation is 1. The van der Waals surface area contributed by atoms with E-state index in [1.165, 1.54) is 0 Å². The highest BCUT2D eigenvalue weighted by Gasteiger charge is 2.17. The Labute approximate surface area is 107 Å². The molecule has 1 aromatic carbocycles. The van der Waals surface area contributed by atoms with E-state index in [1.807, 2.05) is 37.8 Å². The van der Waals surface area contributed by atoms with Crippen LogP contribution in [0.2, 0.25) is 0 Å². The van der Waals surface area contributed by atoms with E-state index in [4.69, 9.17) is 10.4 Å². The maximum atomic E-state index is 10.7. The highest BCUT2D eigenvalue weighted by atomic mass is 16.4. The van der Waals surface area contributed by atoms with E-state index in [9.17, 15) is 4.79 Å². The van der Waals surface area contributed by atoms with E-state index in [2.05, 4.69) is 6.07 Å². The van der Waals surface area contributed by atoms with Crippen molar-refractivity contribution in [2.75, 3.05) is 11.4 Å². The van der Waals surface area contributed by atoms with Crippen LogP contribution in [0.15, 0.2) is 18.2 Å². The Bertz CT molecular complexity index is 475. The quantitative estimate of drug-likeness (QED) is 0.867. The van der Waals surface area contributed by atoms with Gasteiger partial charge < -0.3 is 10.0 Å². The number of anilines is 1. The molecule has 0 fully saturated rings. The van der Waals surface area contributed by atoms with Gasteiger partial charge in [0.15, 0.2) is 0 Å². The van der Waals surface area contributed by atoms with Crippen molar-refractivity contribution in [2.24, 2.45) is 0 Å². The first-order valence-electron chi connectivity index (χ1n) is 5.95. The molecular weight excluding hydrogens is 228 g/mol. The van der Waals surface area contributed by atoms with Crippen molar-refractivity contribution in [3.8, 4) is 6.07 Å². The van der Waals surface area contributed by atoms with Crippen molar-refractivity contribution in [3.05, 3.63) is 29.3 Å². The van der Waals surface area contributed by atoms with E-state index < -0.39 is 5.97 Å². The molecule has 1 rings (SSSR count). The summed E-state index contributed by atoms with van der Waals surface area (Å²) in [6, 6.07) is 7.86. The summed E-state index contributed by atoms with van der Waals surface area (Å²) in [6.45, 7) is 6.34. The van der Waals surface area contributed by atoms with Crippen LogP contribution in [0.3, 0.4) is 0 Å². The molecule has 0 aliphatic rings. The summed E-state index contributed by atoms with van der Waals surface area (Å²) in [5.74, 6) is -0.826. The number of nitriles is 1. The Morgan fingerprint density at radius 3 is 2.67 bits per heavy atom. The minimum atomic E-state index is -0.826.